The number of ketones is 1. The number of rotatable bonds is 7. The summed E-state index contributed by atoms with van der Waals surface area (Å²) >= 11 is 1.46. The van der Waals surface area contributed by atoms with Crippen molar-refractivity contribution in [3.8, 4) is 16.9 Å². The van der Waals surface area contributed by atoms with Crippen LogP contribution in [0.15, 0.2) is 66.6 Å². The maximum absolute atomic E-state index is 13.2. The predicted octanol–water partition coefficient (Wildman–Crippen LogP) is 5.16. The van der Waals surface area contributed by atoms with E-state index in [1.165, 1.54) is 30.4 Å². The van der Waals surface area contributed by atoms with Crippen LogP contribution in [0.1, 0.15) is 36.8 Å². The normalized spacial score (nSPS) is 10.3. The zero-order valence-corrected chi connectivity index (χ0v) is 20.9. The number of nitrogens with two attached hydrogens (primary N) is 2. The first kappa shape index (κ1) is 29.3. The van der Waals surface area contributed by atoms with Gasteiger partial charge in [0.2, 0.25) is 6.41 Å². The lowest BCUT2D eigenvalue weighted by Gasteiger charge is -2.11. The van der Waals surface area contributed by atoms with Crippen molar-refractivity contribution >= 4 is 34.8 Å². The Hall–Kier alpha value is -3.75. The van der Waals surface area contributed by atoms with Crippen LogP contribution in [0.3, 0.4) is 0 Å². The highest BCUT2D eigenvalue weighted by Gasteiger charge is 2.19. The second-order valence-corrected chi connectivity index (χ2v) is 7.90. The Morgan fingerprint density at radius 1 is 1.20 bits per heavy atom. The molecule has 2 aromatic carbocycles. The number of allylic oxidation sites excluding steroid dienone is 2. The molecule has 186 valence electrons. The molecule has 1 aromatic heterocycles. The van der Waals surface area contributed by atoms with E-state index in [4.69, 9.17) is 20.4 Å². The summed E-state index contributed by atoms with van der Waals surface area (Å²) in [5.41, 5.74) is 14.7. The van der Waals surface area contributed by atoms with Crippen LogP contribution in [0.4, 0.5) is 4.39 Å². The molecule has 0 aliphatic rings. The van der Waals surface area contributed by atoms with Crippen molar-refractivity contribution in [3.63, 3.8) is 0 Å². The first-order valence-corrected chi connectivity index (χ1v) is 11.6. The topological polar surface area (TPSA) is 116 Å². The molecule has 1 amide bonds. The molecule has 0 fully saturated rings. The third-order valence-corrected chi connectivity index (χ3v) is 5.57. The van der Waals surface area contributed by atoms with Crippen LogP contribution in [0.25, 0.3) is 22.4 Å². The lowest BCUT2D eigenvalue weighted by molar-refractivity contribution is -0.111. The molecule has 35 heavy (non-hydrogen) atoms. The second kappa shape index (κ2) is 15.2. The maximum Gasteiger partial charge on any atom is 0.204 e. The first-order chi connectivity index (χ1) is 16.7. The number of hydrogen-bond donors (Lipinski definition) is 3. The summed E-state index contributed by atoms with van der Waals surface area (Å²) in [6.45, 7) is 9.46. The zero-order chi connectivity index (χ0) is 26.4. The molecule has 0 spiro atoms. The number of ether oxygens (including phenoxy) is 1. The first-order valence-electron chi connectivity index (χ1n) is 10.7. The van der Waals surface area contributed by atoms with E-state index in [0.29, 0.717) is 23.6 Å². The van der Waals surface area contributed by atoms with Crippen LogP contribution in [0, 0.1) is 5.82 Å². The highest BCUT2D eigenvalue weighted by Crippen LogP contribution is 2.34. The number of carbonyl (C=O) groups excluding carboxylic acids is 2. The van der Waals surface area contributed by atoms with Crippen LogP contribution in [-0.2, 0) is 16.2 Å². The Kier molecular flexibility index (Phi) is 12.7. The number of benzene rings is 2. The van der Waals surface area contributed by atoms with Crippen molar-refractivity contribution in [2.24, 2.45) is 11.5 Å². The van der Waals surface area contributed by atoms with E-state index in [1.54, 1.807) is 25.1 Å². The van der Waals surface area contributed by atoms with Gasteiger partial charge in [-0.1, -0.05) is 36.9 Å². The molecule has 0 unspecified atom stereocenters. The van der Waals surface area contributed by atoms with Gasteiger partial charge in [0.1, 0.15) is 18.2 Å². The minimum absolute atomic E-state index is 0.0173. The molecule has 0 aliphatic carbocycles. The number of hydrogen-bond acceptors (Lipinski definition) is 6. The number of carbonyl (C=O) groups is 2. The monoisotopic (exact) mass is 498 g/mol. The third-order valence-electron chi connectivity index (χ3n) is 4.51. The fourth-order valence-corrected chi connectivity index (χ4v) is 4.33. The van der Waals surface area contributed by atoms with Crippen LogP contribution in [0.2, 0.25) is 0 Å². The van der Waals surface area contributed by atoms with Crippen LogP contribution in [0.5, 0.6) is 5.75 Å². The van der Waals surface area contributed by atoms with Gasteiger partial charge >= 0.3 is 0 Å². The molecular weight excluding hydrogens is 467 g/mol. The highest BCUT2D eigenvalue weighted by molar-refractivity contribution is 7.12. The van der Waals surface area contributed by atoms with Crippen molar-refractivity contribution in [1.82, 2.24) is 0 Å². The summed E-state index contributed by atoms with van der Waals surface area (Å²) in [5, 5.41) is 9.51. The number of thiophene rings is 1. The number of halogens is 1. The van der Waals surface area contributed by atoms with Crippen molar-refractivity contribution in [2.45, 2.75) is 27.4 Å². The smallest absolute Gasteiger partial charge is 0.204 e. The van der Waals surface area contributed by atoms with E-state index in [1.807, 2.05) is 36.6 Å². The van der Waals surface area contributed by atoms with Gasteiger partial charge in [0.25, 0.3) is 0 Å². The van der Waals surface area contributed by atoms with Gasteiger partial charge in [-0.25, -0.2) is 4.39 Å². The van der Waals surface area contributed by atoms with E-state index < -0.39 is 0 Å². The van der Waals surface area contributed by atoms with Crippen molar-refractivity contribution in [1.29, 1.82) is 0 Å². The van der Waals surface area contributed by atoms with Gasteiger partial charge in [-0.05, 0) is 61.5 Å². The minimum Gasteiger partial charge on any atom is -0.489 e. The molecule has 0 bridgehead atoms. The molecule has 0 saturated carbocycles. The van der Waals surface area contributed by atoms with Gasteiger partial charge in [-0.15, -0.1) is 11.3 Å². The summed E-state index contributed by atoms with van der Waals surface area (Å²) in [6, 6.07) is 13.9. The minimum atomic E-state index is -0.269. The Morgan fingerprint density at radius 2 is 1.80 bits per heavy atom. The average molecular weight is 499 g/mol. The molecule has 0 atom stereocenters. The number of aliphatic hydroxyl groups is 1. The van der Waals surface area contributed by atoms with Crippen LogP contribution < -0.4 is 16.2 Å². The van der Waals surface area contributed by atoms with Gasteiger partial charge in [0, 0.05) is 33.9 Å². The summed E-state index contributed by atoms with van der Waals surface area (Å²) in [7, 11) is 0. The summed E-state index contributed by atoms with van der Waals surface area (Å²) in [6.07, 6.45) is 2.04. The molecule has 1 heterocycles. The molecule has 5 N–H and O–H groups in total. The number of aliphatic hydroxyl groups excluding tert-OH is 1. The van der Waals surface area contributed by atoms with Gasteiger partial charge in [-0.2, -0.15) is 0 Å². The third kappa shape index (κ3) is 8.84. The SMILES string of the molecule is C=C(N)c1c(COc2cccc(-c3ccc(F)cc3)c2)csc1/C(=C\C)C(C)=O.CCO.NC=O. The van der Waals surface area contributed by atoms with E-state index >= 15 is 0 Å². The zero-order valence-electron chi connectivity index (χ0n) is 20.1. The quantitative estimate of drug-likeness (QED) is 0.308. The fourth-order valence-electron chi connectivity index (χ4n) is 3.11. The average Bonchev–Trinajstić information content (AvgIpc) is 3.23. The van der Waals surface area contributed by atoms with Gasteiger partial charge in [0.05, 0.1) is 0 Å². The Balaban J connectivity index is 0.000000926. The van der Waals surface area contributed by atoms with E-state index in [-0.39, 0.29) is 24.6 Å². The Morgan fingerprint density at radius 3 is 2.31 bits per heavy atom. The van der Waals surface area contributed by atoms with Gasteiger partial charge < -0.3 is 21.3 Å². The van der Waals surface area contributed by atoms with Crippen LogP contribution >= 0.6 is 11.3 Å². The molecule has 0 saturated heterocycles. The molecular formula is C27H31FN2O4S. The van der Waals surface area contributed by atoms with Crippen LogP contribution in [-0.4, -0.2) is 23.9 Å². The van der Waals surface area contributed by atoms with E-state index in [2.05, 4.69) is 12.3 Å². The summed E-state index contributed by atoms with van der Waals surface area (Å²) < 4.78 is 19.1. The van der Waals surface area contributed by atoms with Crippen molar-refractivity contribution in [2.75, 3.05) is 6.61 Å². The highest BCUT2D eigenvalue weighted by atomic mass is 32.1. The van der Waals surface area contributed by atoms with Gasteiger partial charge in [-0.3, -0.25) is 9.59 Å². The predicted molar refractivity (Wildman–Crippen MR) is 141 cm³/mol. The standard InChI is InChI=1S/C24H22FNO2S.C2H6O.CH3NO/c1-4-22(16(3)27)24-23(15(2)26)19(14-29-24)13-28-21-7-5-6-18(12-21)17-8-10-20(25)11-9-17;1-2-3;2-1-3/h4-12,14H,2,13,26H2,1,3H3;3H,2H2,1H3;1H,(H2,2,3)/b22-4-;;. The van der Waals surface area contributed by atoms with Crippen molar-refractivity contribution in [3.05, 3.63) is 88.4 Å². The number of amides is 1. The number of Topliss-reactive ketones (excluding diaryl/α,β-unsaturated/α-hetero) is 1. The number of primary amides is 1. The molecule has 0 radical (unpaired) electrons. The molecule has 8 heteroatoms. The summed E-state index contributed by atoms with van der Waals surface area (Å²) in [4.78, 5) is 21.3. The van der Waals surface area contributed by atoms with Crippen molar-refractivity contribution < 1.29 is 23.8 Å². The fraction of sp³-hybridized carbons (Fsp3) is 0.185. The van der Waals surface area contributed by atoms with E-state index in [0.717, 1.165) is 27.1 Å². The lowest BCUT2D eigenvalue weighted by Crippen LogP contribution is -2.05. The molecule has 3 aromatic rings. The largest absolute Gasteiger partial charge is 0.489 e. The molecule has 6 nitrogen and oxygen atoms in total. The molecule has 3 rings (SSSR count). The second-order valence-electron chi connectivity index (χ2n) is 7.02. The Labute approximate surface area is 209 Å². The van der Waals surface area contributed by atoms with Gasteiger partial charge in [0.15, 0.2) is 5.78 Å². The lowest BCUT2D eigenvalue weighted by atomic mass is 10.0. The maximum atomic E-state index is 13.2. The molecule has 0 aliphatic heterocycles. The van der Waals surface area contributed by atoms with E-state index in [9.17, 15) is 9.18 Å². The summed E-state index contributed by atoms with van der Waals surface area (Å²) in [5.74, 6) is 0.400. The Bertz CT molecular complexity index is 1150.